The smallest absolute Gasteiger partial charge is 0.462 e. The van der Waals surface area contributed by atoms with Crippen molar-refractivity contribution in [3.05, 3.63) is 158 Å². The third-order valence-electron chi connectivity index (χ3n) is 12.4. The zero-order valence-corrected chi connectivity index (χ0v) is 50.7. The van der Waals surface area contributed by atoms with Gasteiger partial charge in [0.15, 0.2) is 6.10 Å². The van der Waals surface area contributed by atoms with Crippen LogP contribution in [0.15, 0.2) is 158 Å². The molecule has 2 atom stereocenters. The van der Waals surface area contributed by atoms with E-state index in [0.29, 0.717) is 6.42 Å². The molecule has 0 bridgehead atoms. The van der Waals surface area contributed by atoms with Crippen LogP contribution in [0.25, 0.3) is 0 Å². The predicted octanol–water partition coefficient (Wildman–Crippen LogP) is 20.1. The molecular weight excluding hydrogens is 1000 g/mol. The molecule has 79 heavy (non-hydrogen) atoms. The molecule has 0 fully saturated rings. The molecule has 3 N–H and O–H groups in total. The highest BCUT2D eigenvalue weighted by molar-refractivity contribution is 7.47. The zero-order chi connectivity index (χ0) is 57.3. The minimum absolute atomic E-state index is 0.0425. The fourth-order valence-electron chi connectivity index (χ4n) is 7.91. The second-order valence-electron chi connectivity index (χ2n) is 19.8. The van der Waals surface area contributed by atoms with Gasteiger partial charge in [0, 0.05) is 19.4 Å². The molecule has 0 spiro atoms. The maximum absolute atomic E-state index is 12.7. The standard InChI is InChI=1S/C69H112NO8P/c1-3-5-7-9-11-13-15-17-19-21-23-25-27-29-30-31-32-33-34-35-36-38-40-42-44-46-48-50-52-54-56-58-60-62-69(72)78-67(66-77-79(73,74)76-64-63-70)65-75-68(71)61-59-57-55-53-51-49-47-45-43-41-39-37-28-26-24-22-20-18-16-14-12-10-8-6-4-2/h5-8,11-14,17-20,23-26,29-30,32-33,35-37,39-40,42,67H,3-4,9-10,15-16,21-22,27-28,31,34,38,41,43-66,70H2,1-2H3,(H,73,74)/b7-5-,8-6-,13-11-,14-12-,19-17-,20-18-,25-23-,26-24-,30-29-,33-32-,36-35-,39-37-,42-40-. The molecule has 0 saturated carbocycles. The Kier molecular flexibility index (Phi) is 59.3. The van der Waals surface area contributed by atoms with Crippen LogP contribution in [0.4, 0.5) is 0 Å². The Morgan fingerprint density at radius 1 is 0.380 bits per heavy atom. The molecule has 0 aromatic rings. The number of allylic oxidation sites excluding steroid dienone is 26. The van der Waals surface area contributed by atoms with E-state index < -0.39 is 32.5 Å². The molecule has 0 saturated heterocycles. The van der Waals surface area contributed by atoms with Crippen LogP contribution in [-0.4, -0.2) is 49.3 Å². The lowest BCUT2D eigenvalue weighted by molar-refractivity contribution is -0.161. The van der Waals surface area contributed by atoms with Gasteiger partial charge >= 0.3 is 19.8 Å². The van der Waals surface area contributed by atoms with Gasteiger partial charge in [-0.15, -0.1) is 0 Å². The van der Waals surface area contributed by atoms with Gasteiger partial charge in [-0.1, -0.05) is 255 Å². The maximum Gasteiger partial charge on any atom is 0.472 e. The molecule has 0 aliphatic heterocycles. The second-order valence-corrected chi connectivity index (χ2v) is 21.3. The van der Waals surface area contributed by atoms with Crippen molar-refractivity contribution in [1.82, 2.24) is 0 Å². The van der Waals surface area contributed by atoms with Crippen LogP contribution in [0, 0.1) is 0 Å². The van der Waals surface area contributed by atoms with E-state index in [9.17, 15) is 19.0 Å². The molecule has 0 radical (unpaired) electrons. The molecule has 0 aromatic heterocycles. The highest BCUT2D eigenvalue weighted by Crippen LogP contribution is 2.43. The van der Waals surface area contributed by atoms with E-state index in [1.54, 1.807) is 0 Å². The fraction of sp³-hybridized carbons (Fsp3) is 0.594. The topological polar surface area (TPSA) is 134 Å². The Morgan fingerprint density at radius 2 is 0.658 bits per heavy atom. The average molecular weight is 1110 g/mol. The zero-order valence-electron chi connectivity index (χ0n) is 49.8. The van der Waals surface area contributed by atoms with Crippen LogP contribution in [0.2, 0.25) is 0 Å². The van der Waals surface area contributed by atoms with E-state index in [0.717, 1.165) is 141 Å². The van der Waals surface area contributed by atoms with Crippen molar-refractivity contribution in [2.75, 3.05) is 26.4 Å². The third-order valence-corrected chi connectivity index (χ3v) is 13.4. The number of hydrogen-bond acceptors (Lipinski definition) is 8. The van der Waals surface area contributed by atoms with Crippen LogP contribution in [0.1, 0.15) is 232 Å². The number of carbonyl (C=O) groups is 2. The van der Waals surface area contributed by atoms with Gasteiger partial charge in [-0.3, -0.25) is 18.6 Å². The number of unbranched alkanes of at least 4 members (excludes halogenated alkanes) is 17. The maximum atomic E-state index is 12.7. The SMILES string of the molecule is CC/C=C\C/C=C\C/C=C\C/C=C\C/C=C\C/C=C\C/C=C\C/C=C\CCCCCCCCCCC(=O)OC(COC(=O)CCCCCCCCCCC/C=C\C/C=C\C/C=C\C/C=C\C/C=C\CC)COP(=O)(O)OCCN. The molecule has 0 aliphatic carbocycles. The molecule has 0 aromatic carbocycles. The number of carbonyl (C=O) groups excluding carboxylic acids is 2. The molecule has 0 rings (SSSR count). The number of rotatable bonds is 56. The molecular formula is C69H112NO8P. The summed E-state index contributed by atoms with van der Waals surface area (Å²) in [7, 11) is -4.41. The number of hydrogen-bond donors (Lipinski definition) is 2. The molecule has 9 nitrogen and oxygen atoms in total. The van der Waals surface area contributed by atoms with Gasteiger partial charge in [-0.2, -0.15) is 0 Å². The number of esters is 2. The third kappa shape index (κ3) is 62.7. The summed E-state index contributed by atoms with van der Waals surface area (Å²) in [5.74, 6) is -0.854. The van der Waals surface area contributed by atoms with Crippen molar-refractivity contribution in [3.63, 3.8) is 0 Å². The second kappa shape index (κ2) is 62.8. The lowest BCUT2D eigenvalue weighted by Crippen LogP contribution is -2.29. The van der Waals surface area contributed by atoms with E-state index in [4.69, 9.17) is 24.3 Å². The van der Waals surface area contributed by atoms with Crippen molar-refractivity contribution in [2.45, 2.75) is 238 Å². The monoisotopic (exact) mass is 1110 g/mol. The van der Waals surface area contributed by atoms with Crippen LogP contribution in [0.5, 0.6) is 0 Å². The van der Waals surface area contributed by atoms with Gasteiger partial charge in [0.1, 0.15) is 6.61 Å². The fourth-order valence-corrected chi connectivity index (χ4v) is 8.68. The Labute approximate surface area is 483 Å². The van der Waals surface area contributed by atoms with Crippen LogP contribution in [-0.2, 0) is 32.7 Å². The van der Waals surface area contributed by atoms with E-state index in [1.165, 1.54) is 57.8 Å². The van der Waals surface area contributed by atoms with E-state index in [1.807, 2.05) is 0 Å². The Morgan fingerprint density at radius 3 is 0.975 bits per heavy atom. The summed E-state index contributed by atoms with van der Waals surface area (Å²) in [4.78, 5) is 35.3. The number of ether oxygens (including phenoxy) is 2. The van der Waals surface area contributed by atoms with Crippen molar-refractivity contribution in [1.29, 1.82) is 0 Å². The van der Waals surface area contributed by atoms with Gasteiger partial charge in [-0.25, -0.2) is 4.57 Å². The largest absolute Gasteiger partial charge is 0.472 e. The van der Waals surface area contributed by atoms with Gasteiger partial charge in [0.2, 0.25) is 0 Å². The summed E-state index contributed by atoms with van der Waals surface area (Å²) < 4.78 is 33.1. The first kappa shape index (κ1) is 74.6. The average Bonchev–Trinajstić information content (AvgIpc) is 3.44. The molecule has 0 heterocycles. The summed E-state index contributed by atoms with van der Waals surface area (Å²) in [6.07, 6.45) is 91.5. The van der Waals surface area contributed by atoms with Crippen LogP contribution >= 0.6 is 7.82 Å². The molecule has 0 aliphatic rings. The summed E-state index contributed by atoms with van der Waals surface area (Å²) in [6, 6.07) is 0. The van der Waals surface area contributed by atoms with E-state index in [-0.39, 0.29) is 32.6 Å². The highest BCUT2D eigenvalue weighted by atomic mass is 31.2. The van der Waals surface area contributed by atoms with Crippen LogP contribution in [0.3, 0.4) is 0 Å². The van der Waals surface area contributed by atoms with E-state index in [2.05, 4.69) is 172 Å². The normalized spacial score (nSPS) is 14.1. The first-order chi connectivity index (χ1) is 38.8. The number of phosphoric acid groups is 1. The van der Waals surface area contributed by atoms with Crippen molar-refractivity contribution in [2.24, 2.45) is 5.73 Å². The minimum Gasteiger partial charge on any atom is -0.462 e. The summed E-state index contributed by atoms with van der Waals surface area (Å²) in [5, 5.41) is 0. The van der Waals surface area contributed by atoms with Crippen LogP contribution < -0.4 is 5.73 Å². The van der Waals surface area contributed by atoms with E-state index >= 15 is 0 Å². The number of nitrogens with two attached hydrogens (primary N) is 1. The predicted molar refractivity (Wildman–Crippen MR) is 339 cm³/mol. The Hall–Kier alpha value is -4.37. The van der Waals surface area contributed by atoms with Gasteiger partial charge in [0.25, 0.3) is 0 Å². The Bertz CT molecular complexity index is 1850. The first-order valence-electron chi connectivity index (χ1n) is 31.0. The number of phosphoric ester groups is 1. The Balaban J connectivity index is 4.04. The lowest BCUT2D eigenvalue weighted by atomic mass is 10.1. The van der Waals surface area contributed by atoms with Gasteiger partial charge in [0.05, 0.1) is 13.2 Å². The highest BCUT2D eigenvalue weighted by Gasteiger charge is 2.26. The molecule has 2 unspecified atom stereocenters. The van der Waals surface area contributed by atoms with Crippen molar-refractivity contribution < 1.29 is 37.6 Å². The lowest BCUT2D eigenvalue weighted by Gasteiger charge is -2.19. The summed E-state index contributed by atoms with van der Waals surface area (Å²) in [6.45, 7) is 3.48. The summed E-state index contributed by atoms with van der Waals surface area (Å²) in [5.41, 5.74) is 5.39. The first-order valence-corrected chi connectivity index (χ1v) is 32.5. The van der Waals surface area contributed by atoms with Gasteiger partial charge < -0.3 is 20.1 Å². The quantitative estimate of drug-likeness (QED) is 0.0264. The molecule has 10 heteroatoms. The van der Waals surface area contributed by atoms with Crippen molar-refractivity contribution in [3.8, 4) is 0 Å². The summed E-state index contributed by atoms with van der Waals surface area (Å²) >= 11 is 0. The minimum atomic E-state index is -4.41. The van der Waals surface area contributed by atoms with Crippen molar-refractivity contribution >= 4 is 19.8 Å². The molecule has 0 amide bonds. The molecule has 446 valence electrons. The van der Waals surface area contributed by atoms with Gasteiger partial charge in [-0.05, 0) is 122 Å².